The van der Waals surface area contributed by atoms with Crippen molar-refractivity contribution in [2.45, 2.75) is 0 Å². The Morgan fingerprint density at radius 2 is 1.14 bits per heavy atom. The molecular formula is C44H24N4O. The highest BCUT2D eigenvalue weighted by atomic mass is 16.3. The summed E-state index contributed by atoms with van der Waals surface area (Å²) in [6.07, 6.45) is 0. The van der Waals surface area contributed by atoms with Gasteiger partial charge in [0.1, 0.15) is 11.2 Å². The molecule has 49 heavy (non-hydrogen) atoms. The van der Waals surface area contributed by atoms with Crippen LogP contribution in [-0.4, -0.2) is 9.13 Å². The van der Waals surface area contributed by atoms with Crippen LogP contribution in [0.25, 0.3) is 92.9 Å². The number of fused-ring (bicyclic) bond motifs is 10. The first kappa shape index (κ1) is 27.1. The molecule has 3 heterocycles. The molecule has 0 fully saturated rings. The number of aromatic nitrogens is 2. The van der Waals surface area contributed by atoms with Crippen molar-refractivity contribution in [1.82, 2.24) is 9.13 Å². The topological polar surface area (TPSA) is 51.1 Å². The summed E-state index contributed by atoms with van der Waals surface area (Å²) in [5.74, 6) is 0. The van der Waals surface area contributed by atoms with E-state index >= 15 is 0 Å². The van der Waals surface area contributed by atoms with Crippen molar-refractivity contribution in [2.75, 3.05) is 0 Å². The third-order valence-electron chi connectivity index (χ3n) is 9.77. The highest BCUT2D eigenvalue weighted by Gasteiger charge is 2.21. The summed E-state index contributed by atoms with van der Waals surface area (Å²) in [7, 11) is 0. The molecule has 0 unspecified atom stereocenters. The molecule has 0 radical (unpaired) electrons. The molecule has 3 aromatic heterocycles. The Morgan fingerprint density at radius 3 is 1.80 bits per heavy atom. The number of furan rings is 1. The van der Waals surface area contributed by atoms with Gasteiger partial charge in [0.05, 0.1) is 51.3 Å². The maximum absolute atomic E-state index is 10.5. The molecule has 10 aromatic rings. The number of para-hydroxylation sites is 4. The molecule has 5 heteroatoms. The third kappa shape index (κ3) is 3.79. The predicted molar refractivity (Wildman–Crippen MR) is 199 cm³/mol. The van der Waals surface area contributed by atoms with Crippen LogP contribution in [0, 0.1) is 17.9 Å². The van der Waals surface area contributed by atoms with Gasteiger partial charge in [-0.25, -0.2) is 4.85 Å². The first-order valence-corrected chi connectivity index (χ1v) is 16.1. The molecule has 0 aliphatic rings. The molecule has 0 N–H and O–H groups in total. The van der Waals surface area contributed by atoms with Gasteiger partial charge in [0, 0.05) is 32.6 Å². The summed E-state index contributed by atoms with van der Waals surface area (Å²) >= 11 is 0. The summed E-state index contributed by atoms with van der Waals surface area (Å²) in [4.78, 5) is 3.98. The fourth-order valence-corrected chi connectivity index (χ4v) is 7.69. The Labute approximate surface area is 280 Å². The van der Waals surface area contributed by atoms with Gasteiger partial charge in [-0.1, -0.05) is 84.9 Å². The minimum Gasteiger partial charge on any atom is -0.456 e. The Kier molecular flexibility index (Phi) is 5.64. The minimum absolute atomic E-state index is 0.432. The standard InChI is InChI=1S/C44H24N4O/c1-46-36-25-28(24-29(26-45)43(36)48-38-15-7-2-10-31(38)32-11-3-8-16-39(32)48)27-18-20-30(21-19-27)47-37-14-6-4-12-33(37)34-22-23-41-42(44(34)47)35-13-5-9-17-40(35)49-41/h2-25H. The van der Waals surface area contributed by atoms with Crippen molar-refractivity contribution < 1.29 is 4.42 Å². The lowest BCUT2D eigenvalue weighted by Crippen LogP contribution is -1.99. The van der Waals surface area contributed by atoms with Crippen LogP contribution in [0.1, 0.15) is 5.56 Å². The van der Waals surface area contributed by atoms with Crippen molar-refractivity contribution in [3.63, 3.8) is 0 Å². The van der Waals surface area contributed by atoms with Gasteiger partial charge in [0.2, 0.25) is 5.69 Å². The molecule has 5 nitrogen and oxygen atoms in total. The minimum atomic E-state index is 0.432. The lowest BCUT2D eigenvalue weighted by molar-refractivity contribution is 0.669. The second-order valence-corrected chi connectivity index (χ2v) is 12.3. The summed E-state index contributed by atoms with van der Waals surface area (Å²) in [6, 6.07) is 51.8. The van der Waals surface area contributed by atoms with Gasteiger partial charge in [0.25, 0.3) is 0 Å². The van der Waals surface area contributed by atoms with E-state index in [0.717, 1.165) is 71.6 Å². The Hall–Kier alpha value is -7.08. The van der Waals surface area contributed by atoms with E-state index in [1.54, 1.807) is 0 Å². The van der Waals surface area contributed by atoms with Gasteiger partial charge >= 0.3 is 0 Å². The monoisotopic (exact) mass is 624 g/mol. The van der Waals surface area contributed by atoms with Gasteiger partial charge in [-0.15, -0.1) is 0 Å². The molecule has 10 rings (SSSR count). The maximum atomic E-state index is 10.5. The van der Waals surface area contributed by atoms with E-state index in [1.165, 1.54) is 10.8 Å². The van der Waals surface area contributed by atoms with Crippen LogP contribution in [0.15, 0.2) is 150 Å². The molecule has 226 valence electrons. The summed E-state index contributed by atoms with van der Waals surface area (Å²) in [6.45, 7) is 8.22. The Bertz CT molecular complexity index is 2980. The van der Waals surface area contributed by atoms with Gasteiger partial charge in [-0.2, -0.15) is 5.26 Å². The van der Waals surface area contributed by atoms with Gasteiger partial charge in [-0.3, -0.25) is 0 Å². The van der Waals surface area contributed by atoms with Crippen LogP contribution < -0.4 is 0 Å². The van der Waals surface area contributed by atoms with Crippen LogP contribution in [-0.2, 0) is 0 Å². The summed E-state index contributed by atoms with van der Waals surface area (Å²) in [5, 5.41) is 17.2. The number of benzene rings is 7. The average Bonchev–Trinajstić information content (AvgIpc) is 3.82. The van der Waals surface area contributed by atoms with E-state index in [0.29, 0.717) is 16.9 Å². The van der Waals surface area contributed by atoms with E-state index in [9.17, 15) is 5.26 Å². The van der Waals surface area contributed by atoms with Crippen molar-refractivity contribution in [1.29, 1.82) is 5.26 Å². The van der Waals surface area contributed by atoms with Crippen LogP contribution in [0.2, 0.25) is 0 Å². The van der Waals surface area contributed by atoms with E-state index in [1.807, 2.05) is 60.7 Å². The lowest BCUT2D eigenvalue weighted by Gasteiger charge is -2.15. The number of hydrogen-bond donors (Lipinski definition) is 0. The Morgan fingerprint density at radius 1 is 0.551 bits per heavy atom. The van der Waals surface area contributed by atoms with Crippen molar-refractivity contribution in [3.05, 3.63) is 163 Å². The van der Waals surface area contributed by atoms with Crippen molar-refractivity contribution >= 4 is 71.2 Å². The van der Waals surface area contributed by atoms with Gasteiger partial charge in [-0.05, 0) is 71.8 Å². The Balaban J connectivity index is 1.16. The zero-order valence-electron chi connectivity index (χ0n) is 26.1. The second-order valence-electron chi connectivity index (χ2n) is 12.3. The van der Waals surface area contributed by atoms with Crippen molar-refractivity contribution in [3.8, 4) is 28.6 Å². The zero-order chi connectivity index (χ0) is 32.6. The SMILES string of the molecule is [C-]#[N+]c1cc(-c2ccc(-n3c4ccccc4c4ccc5oc6ccccc6c5c43)cc2)cc(C#N)c1-n1c2ccccc2c2ccccc21. The van der Waals surface area contributed by atoms with Gasteiger partial charge < -0.3 is 13.6 Å². The van der Waals surface area contributed by atoms with Crippen LogP contribution >= 0.6 is 0 Å². The molecule has 0 spiro atoms. The quantitative estimate of drug-likeness (QED) is 0.184. The molecule has 0 aliphatic carbocycles. The van der Waals surface area contributed by atoms with E-state index in [-0.39, 0.29) is 0 Å². The van der Waals surface area contributed by atoms with Crippen molar-refractivity contribution in [2.24, 2.45) is 0 Å². The zero-order valence-corrected chi connectivity index (χ0v) is 26.1. The molecule has 0 saturated heterocycles. The summed E-state index contributed by atoms with van der Waals surface area (Å²) < 4.78 is 10.7. The fraction of sp³-hybridized carbons (Fsp3) is 0. The third-order valence-corrected chi connectivity index (χ3v) is 9.77. The second kappa shape index (κ2) is 10.2. The number of nitriles is 1. The first-order chi connectivity index (χ1) is 24.2. The molecule has 0 atom stereocenters. The predicted octanol–water partition coefficient (Wildman–Crippen LogP) is 11.9. The highest BCUT2D eigenvalue weighted by molar-refractivity contribution is 6.24. The molecule has 0 bridgehead atoms. The number of rotatable bonds is 3. The molecular weight excluding hydrogens is 601 g/mol. The number of nitrogens with zero attached hydrogens (tertiary/aromatic N) is 4. The lowest BCUT2D eigenvalue weighted by atomic mass is 10.00. The molecule has 7 aromatic carbocycles. The average molecular weight is 625 g/mol. The van der Waals surface area contributed by atoms with Crippen LogP contribution in [0.5, 0.6) is 0 Å². The van der Waals surface area contributed by atoms with E-state index < -0.39 is 0 Å². The number of hydrogen-bond acceptors (Lipinski definition) is 2. The highest BCUT2D eigenvalue weighted by Crippen LogP contribution is 2.42. The van der Waals surface area contributed by atoms with Crippen LogP contribution in [0.4, 0.5) is 5.69 Å². The molecule has 0 aliphatic heterocycles. The largest absolute Gasteiger partial charge is 0.456 e. The van der Waals surface area contributed by atoms with Gasteiger partial charge in [0.15, 0.2) is 0 Å². The normalized spacial score (nSPS) is 11.6. The summed E-state index contributed by atoms with van der Waals surface area (Å²) in [5.41, 5.74) is 10.1. The fourth-order valence-electron chi connectivity index (χ4n) is 7.69. The smallest absolute Gasteiger partial charge is 0.212 e. The first-order valence-electron chi connectivity index (χ1n) is 16.1. The van der Waals surface area contributed by atoms with Crippen LogP contribution in [0.3, 0.4) is 0 Å². The maximum Gasteiger partial charge on any atom is 0.212 e. The van der Waals surface area contributed by atoms with E-state index in [2.05, 4.69) is 105 Å². The molecule has 0 saturated carbocycles. The van der Waals surface area contributed by atoms with E-state index in [4.69, 9.17) is 11.0 Å². The molecule has 0 amide bonds.